The summed E-state index contributed by atoms with van der Waals surface area (Å²) in [6.45, 7) is 3.73. The van der Waals surface area contributed by atoms with Gasteiger partial charge in [0.1, 0.15) is 17.9 Å². The number of ether oxygens (including phenoxy) is 1. The number of nitrogens with one attached hydrogen (secondary N) is 1. The lowest BCUT2D eigenvalue weighted by Crippen LogP contribution is -2.42. The lowest BCUT2D eigenvalue weighted by atomic mass is 9.99. The summed E-state index contributed by atoms with van der Waals surface area (Å²) in [6.07, 6.45) is 4.44. The molecule has 0 spiro atoms. The van der Waals surface area contributed by atoms with Crippen LogP contribution < -0.4 is 11.2 Å². The molecule has 1 saturated carbocycles. The quantitative estimate of drug-likeness (QED) is 0.564. The molecule has 0 saturated heterocycles. The van der Waals surface area contributed by atoms with E-state index in [1.807, 2.05) is 6.92 Å². The number of carbonyl (C=O) groups is 1. The number of rotatable bonds is 6. The van der Waals surface area contributed by atoms with Crippen molar-refractivity contribution < 1.29 is 14.6 Å². The fourth-order valence-electron chi connectivity index (χ4n) is 3.86. The molecule has 0 unspecified atom stereocenters. The highest BCUT2D eigenvalue weighted by Gasteiger charge is 2.25. The molecule has 1 fully saturated rings. The molecule has 0 radical (unpaired) electrons. The standard InChI is InChI=1S/C19H28N4O5/c1-3-9-22-17-15(18(26)23(19(22)27)11-14(25)28-4-2)20-16(21-17)12-7-5-6-8-13(24)10-12/h12-13,24H,3-11H2,1-2H3,(H,20,21)/t12-,13+/m0/s1. The summed E-state index contributed by atoms with van der Waals surface area (Å²) < 4.78 is 7.23. The number of aromatic nitrogens is 4. The number of aliphatic hydroxyl groups is 1. The highest BCUT2D eigenvalue weighted by atomic mass is 16.5. The molecule has 9 nitrogen and oxygen atoms in total. The van der Waals surface area contributed by atoms with Crippen LogP contribution in [0.15, 0.2) is 9.59 Å². The van der Waals surface area contributed by atoms with E-state index in [2.05, 4.69) is 9.97 Å². The van der Waals surface area contributed by atoms with Gasteiger partial charge in [-0.2, -0.15) is 0 Å². The van der Waals surface area contributed by atoms with Gasteiger partial charge in [0.25, 0.3) is 5.56 Å². The highest BCUT2D eigenvalue weighted by molar-refractivity contribution is 5.72. The number of hydrogen-bond donors (Lipinski definition) is 2. The van der Waals surface area contributed by atoms with E-state index < -0.39 is 23.8 Å². The number of carbonyl (C=O) groups excluding carboxylic acids is 1. The Labute approximate surface area is 162 Å². The van der Waals surface area contributed by atoms with Crippen molar-refractivity contribution in [3.05, 3.63) is 26.7 Å². The lowest BCUT2D eigenvalue weighted by molar-refractivity contribution is -0.143. The van der Waals surface area contributed by atoms with Crippen LogP contribution in [0.25, 0.3) is 11.2 Å². The van der Waals surface area contributed by atoms with Crippen molar-refractivity contribution in [2.24, 2.45) is 0 Å². The molecule has 2 heterocycles. The molecule has 0 aromatic carbocycles. The summed E-state index contributed by atoms with van der Waals surface area (Å²) in [5.41, 5.74) is -0.614. The number of nitrogens with zero attached hydrogens (tertiary/aromatic N) is 3. The number of imidazole rings is 1. The first kappa shape index (κ1) is 20.3. The maximum Gasteiger partial charge on any atom is 0.333 e. The molecule has 0 amide bonds. The minimum atomic E-state index is -0.629. The first-order valence-electron chi connectivity index (χ1n) is 10.0. The van der Waals surface area contributed by atoms with E-state index in [1.54, 1.807) is 6.92 Å². The Balaban J connectivity index is 2.11. The van der Waals surface area contributed by atoms with Crippen LogP contribution in [-0.2, 0) is 22.6 Å². The summed E-state index contributed by atoms with van der Waals surface area (Å²) in [4.78, 5) is 45.3. The maximum atomic E-state index is 12.9. The molecule has 2 aromatic heterocycles. The van der Waals surface area contributed by atoms with Crippen molar-refractivity contribution >= 4 is 17.1 Å². The topological polar surface area (TPSA) is 119 Å². The van der Waals surface area contributed by atoms with Gasteiger partial charge >= 0.3 is 11.7 Å². The van der Waals surface area contributed by atoms with E-state index in [9.17, 15) is 19.5 Å². The Bertz CT molecular complexity index is 958. The summed E-state index contributed by atoms with van der Waals surface area (Å²) >= 11 is 0. The minimum absolute atomic E-state index is 0.00739. The number of fused-ring (bicyclic) bond motifs is 1. The third-order valence-corrected chi connectivity index (χ3v) is 5.20. The molecule has 2 N–H and O–H groups in total. The van der Waals surface area contributed by atoms with Crippen LogP contribution >= 0.6 is 0 Å². The average Bonchev–Trinajstić information content (AvgIpc) is 2.99. The van der Waals surface area contributed by atoms with E-state index in [-0.39, 0.29) is 24.1 Å². The van der Waals surface area contributed by atoms with Crippen LogP contribution in [0.1, 0.15) is 64.1 Å². The lowest BCUT2D eigenvalue weighted by Gasteiger charge is -2.13. The third-order valence-electron chi connectivity index (χ3n) is 5.20. The Hall–Kier alpha value is -2.42. The summed E-state index contributed by atoms with van der Waals surface area (Å²) in [5, 5.41) is 10.1. The van der Waals surface area contributed by atoms with Crippen molar-refractivity contribution in [2.45, 2.75) is 77.5 Å². The second kappa shape index (κ2) is 8.72. The van der Waals surface area contributed by atoms with Crippen molar-refractivity contribution in [1.29, 1.82) is 0 Å². The van der Waals surface area contributed by atoms with Gasteiger partial charge in [-0.1, -0.05) is 19.8 Å². The Morgan fingerprint density at radius 2 is 2.00 bits per heavy atom. The zero-order chi connectivity index (χ0) is 20.3. The number of H-pyrrole nitrogens is 1. The maximum absolute atomic E-state index is 12.9. The van der Waals surface area contributed by atoms with Gasteiger partial charge in [0.15, 0.2) is 5.65 Å². The number of aliphatic hydroxyl groups excluding tert-OH is 1. The van der Waals surface area contributed by atoms with E-state index in [4.69, 9.17) is 4.74 Å². The van der Waals surface area contributed by atoms with Gasteiger partial charge in [0, 0.05) is 12.5 Å². The molecule has 2 aromatic rings. The fourth-order valence-corrected chi connectivity index (χ4v) is 3.86. The van der Waals surface area contributed by atoms with Crippen LogP contribution in [0.2, 0.25) is 0 Å². The first-order chi connectivity index (χ1) is 13.5. The molecule has 1 aliphatic rings. The molecule has 154 valence electrons. The summed E-state index contributed by atoms with van der Waals surface area (Å²) in [5.74, 6) is -0.00472. The number of aryl methyl sites for hydroxylation is 1. The molecular formula is C19H28N4O5. The number of hydrogen-bond acceptors (Lipinski definition) is 6. The third kappa shape index (κ3) is 4.04. The largest absolute Gasteiger partial charge is 0.465 e. The average molecular weight is 392 g/mol. The Morgan fingerprint density at radius 3 is 2.71 bits per heavy atom. The molecule has 0 aliphatic heterocycles. The zero-order valence-corrected chi connectivity index (χ0v) is 16.4. The predicted octanol–water partition coefficient (Wildman–Crippen LogP) is 1.27. The van der Waals surface area contributed by atoms with Crippen LogP contribution in [0.3, 0.4) is 0 Å². The van der Waals surface area contributed by atoms with E-state index in [0.29, 0.717) is 30.9 Å². The van der Waals surface area contributed by atoms with Gasteiger partial charge in [0.2, 0.25) is 0 Å². The first-order valence-corrected chi connectivity index (χ1v) is 10.0. The fraction of sp³-hybridized carbons (Fsp3) is 0.684. The molecule has 28 heavy (non-hydrogen) atoms. The number of aromatic amines is 1. The number of esters is 1. The van der Waals surface area contributed by atoms with E-state index >= 15 is 0 Å². The van der Waals surface area contributed by atoms with Gasteiger partial charge in [-0.3, -0.25) is 14.2 Å². The minimum Gasteiger partial charge on any atom is -0.465 e. The van der Waals surface area contributed by atoms with Gasteiger partial charge in [-0.15, -0.1) is 0 Å². The molecule has 3 rings (SSSR count). The smallest absolute Gasteiger partial charge is 0.333 e. The summed E-state index contributed by atoms with van der Waals surface area (Å²) in [7, 11) is 0. The zero-order valence-electron chi connectivity index (χ0n) is 16.4. The monoisotopic (exact) mass is 392 g/mol. The molecular weight excluding hydrogens is 364 g/mol. The second-order valence-electron chi connectivity index (χ2n) is 7.32. The van der Waals surface area contributed by atoms with Crippen LogP contribution in [0.5, 0.6) is 0 Å². The molecule has 2 atom stereocenters. The van der Waals surface area contributed by atoms with Crippen molar-refractivity contribution in [3.8, 4) is 0 Å². The van der Waals surface area contributed by atoms with Crippen LogP contribution in [0.4, 0.5) is 0 Å². The van der Waals surface area contributed by atoms with Gasteiger partial charge in [-0.25, -0.2) is 14.3 Å². The van der Waals surface area contributed by atoms with Gasteiger partial charge in [0.05, 0.1) is 12.7 Å². The van der Waals surface area contributed by atoms with Gasteiger partial charge < -0.3 is 14.8 Å². The van der Waals surface area contributed by atoms with Crippen molar-refractivity contribution in [3.63, 3.8) is 0 Å². The van der Waals surface area contributed by atoms with E-state index in [0.717, 1.165) is 30.3 Å². The van der Waals surface area contributed by atoms with Crippen LogP contribution in [0, 0.1) is 0 Å². The Kier molecular flexibility index (Phi) is 6.33. The summed E-state index contributed by atoms with van der Waals surface area (Å²) in [6, 6.07) is 0. The second-order valence-corrected chi connectivity index (χ2v) is 7.32. The van der Waals surface area contributed by atoms with Crippen molar-refractivity contribution in [1.82, 2.24) is 19.1 Å². The molecule has 1 aliphatic carbocycles. The molecule has 9 heteroatoms. The highest BCUT2D eigenvalue weighted by Crippen LogP contribution is 2.30. The Morgan fingerprint density at radius 1 is 1.25 bits per heavy atom. The molecule has 0 bridgehead atoms. The predicted molar refractivity (Wildman–Crippen MR) is 103 cm³/mol. The van der Waals surface area contributed by atoms with Gasteiger partial charge in [-0.05, 0) is 32.6 Å². The SMILES string of the molecule is CCCn1c(=O)n(CC(=O)OCC)c(=O)c2[nH]c([C@H]3CCCC[C@@H](O)C3)nc21. The normalized spacial score (nSPS) is 20.2. The van der Waals surface area contributed by atoms with Crippen LogP contribution in [-0.4, -0.2) is 42.9 Å². The van der Waals surface area contributed by atoms with Crippen molar-refractivity contribution in [2.75, 3.05) is 6.61 Å². The van der Waals surface area contributed by atoms with E-state index in [1.165, 1.54) is 4.57 Å².